The van der Waals surface area contributed by atoms with Crippen LogP contribution in [0.2, 0.25) is 0 Å². The number of hydrogen-bond donors (Lipinski definition) is 2. The molecule has 82 valence electrons. The van der Waals surface area contributed by atoms with Crippen LogP contribution in [0.5, 0.6) is 0 Å². The molecule has 4 nitrogen and oxygen atoms in total. The van der Waals surface area contributed by atoms with Gasteiger partial charge in [-0.15, -0.1) is 0 Å². The van der Waals surface area contributed by atoms with Crippen molar-refractivity contribution >= 4 is 11.7 Å². The summed E-state index contributed by atoms with van der Waals surface area (Å²) in [4.78, 5) is 11.5. The summed E-state index contributed by atoms with van der Waals surface area (Å²) in [6.45, 7) is 3.35. The third-order valence-electron chi connectivity index (χ3n) is 2.00. The maximum atomic E-state index is 11.5. The minimum Gasteiger partial charge on any atom is -0.459 e. The molecule has 0 saturated heterocycles. The number of esters is 1. The first kappa shape index (κ1) is 11.5. The zero-order valence-electron chi connectivity index (χ0n) is 8.86. The number of rotatable bonds is 3. The molecule has 1 rings (SSSR count). The smallest absolute Gasteiger partial charge is 0.340 e. The van der Waals surface area contributed by atoms with Crippen LogP contribution in [0.3, 0.4) is 0 Å². The number of carbonyl (C=O) groups excluding carboxylic acids is 1. The molecule has 0 aliphatic rings. The predicted molar refractivity (Wildman–Crippen MR) is 57.6 cm³/mol. The van der Waals surface area contributed by atoms with Gasteiger partial charge in [-0.1, -0.05) is 12.1 Å². The second-order valence-corrected chi connectivity index (χ2v) is 3.48. The molecule has 0 aliphatic heterocycles. The first-order chi connectivity index (χ1) is 7.02. The minimum absolute atomic E-state index is 0.0216. The highest BCUT2D eigenvalue weighted by Gasteiger charge is 2.12. The molecular formula is C11H15NO3. The maximum Gasteiger partial charge on any atom is 0.340 e. The Bertz CT molecular complexity index is 361. The summed E-state index contributed by atoms with van der Waals surface area (Å²) in [6.07, 6.45) is -0.667. The van der Waals surface area contributed by atoms with E-state index in [1.807, 2.05) is 13.0 Å². The van der Waals surface area contributed by atoms with Crippen molar-refractivity contribution in [3.8, 4) is 0 Å². The lowest BCUT2D eigenvalue weighted by Crippen LogP contribution is -2.16. The number of ether oxygens (including phenoxy) is 1. The van der Waals surface area contributed by atoms with E-state index in [-0.39, 0.29) is 6.61 Å². The topological polar surface area (TPSA) is 72.5 Å². The summed E-state index contributed by atoms with van der Waals surface area (Å²) in [5, 5.41) is 8.96. The van der Waals surface area contributed by atoms with Crippen LogP contribution in [0.25, 0.3) is 0 Å². The molecule has 3 N–H and O–H groups in total. The van der Waals surface area contributed by atoms with E-state index in [1.54, 1.807) is 19.1 Å². The standard InChI is InChI=1S/C11H15NO3/c1-7-4-3-5-9(10(7)12)11(14)15-6-8(2)13/h3-5,8,13H,6,12H2,1-2H3. The number of nitrogen functional groups attached to an aromatic ring is 1. The van der Waals surface area contributed by atoms with Gasteiger partial charge in [-0.2, -0.15) is 0 Å². The van der Waals surface area contributed by atoms with Gasteiger partial charge in [0.25, 0.3) is 0 Å². The molecule has 1 atom stereocenters. The highest BCUT2D eigenvalue weighted by Crippen LogP contribution is 2.17. The van der Waals surface area contributed by atoms with E-state index in [2.05, 4.69) is 0 Å². The molecule has 15 heavy (non-hydrogen) atoms. The quantitative estimate of drug-likeness (QED) is 0.578. The highest BCUT2D eigenvalue weighted by atomic mass is 16.5. The molecule has 0 fully saturated rings. The van der Waals surface area contributed by atoms with E-state index in [4.69, 9.17) is 15.6 Å². The third-order valence-corrected chi connectivity index (χ3v) is 2.00. The summed E-state index contributed by atoms with van der Waals surface area (Å²) in [5.74, 6) is -0.503. The normalized spacial score (nSPS) is 12.2. The Hall–Kier alpha value is -1.55. The van der Waals surface area contributed by atoms with Crippen LogP contribution in [0, 0.1) is 6.92 Å². The molecule has 0 heterocycles. The Labute approximate surface area is 88.7 Å². The largest absolute Gasteiger partial charge is 0.459 e. The van der Waals surface area contributed by atoms with Crippen molar-refractivity contribution in [3.63, 3.8) is 0 Å². The van der Waals surface area contributed by atoms with Gasteiger partial charge >= 0.3 is 5.97 Å². The summed E-state index contributed by atoms with van der Waals surface area (Å²) in [5.41, 5.74) is 7.33. The van der Waals surface area contributed by atoms with Crippen LogP contribution in [-0.2, 0) is 4.74 Å². The number of hydrogen-bond acceptors (Lipinski definition) is 4. The minimum atomic E-state index is -0.667. The monoisotopic (exact) mass is 209 g/mol. The average molecular weight is 209 g/mol. The van der Waals surface area contributed by atoms with Crippen LogP contribution >= 0.6 is 0 Å². The first-order valence-electron chi connectivity index (χ1n) is 4.72. The van der Waals surface area contributed by atoms with Crippen molar-refractivity contribution in [2.75, 3.05) is 12.3 Å². The molecule has 1 aromatic carbocycles. The fraction of sp³-hybridized carbons (Fsp3) is 0.364. The number of benzene rings is 1. The summed E-state index contributed by atoms with van der Waals surface area (Å²) < 4.78 is 4.86. The zero-order valence-corrected chi connectivity index (χ0v) is 8.86. The van der Waals surface area contributed by atoms with Gasteiger partial charge in [0.2, 0.25) is 0 Å². The Morgan fingerprint density at radius 1 is 1.60 bits per heavy atom. The van der Waals surface area contributed by atoms with Crippen LogP contribution in [0.1, 0.15) is 22.8 Å². The molecule has 0 aliphatic carbocycles. The maximum absolute atomic E-state index is 11.5. The van der Waals surface area contributed by atoms with Crippen molar-refractivity contribution in [1.29, 1.82) is 0 Å². The second kappa shape index (κ2) is 4.79. The molecule has 0 saturated carbocycles. The number of aliphatic hydroxyl groups excluding tert-OH is 1. The van der Waals surface area contributed by atoms with Gasteiger partial charge in [-0.25, -0.2) is 4.79 Å². The lowest BCUT2D eigenvalue weighted by molar-refractivity contribution is 0.0297. The van der Waals surface area contributed by atoms with E-state index >= 15 is 0 Å². The molecule has 0 amide bonds. The van der Waals surface area contributed by atoms with Crippen molar-refractivity contribution in [2.45, 2.75) is 20.0 Å². The van der Waals surface area contributed by atoms with Gasteiger partial charge in [0, 0.05) is 5.69 Å². The second-order valence-electron chi connectivity index (χ2n) is 3.48. The number of para-hydroxylation sites is 1. The Morgan fingerprint density at radius 3 is 2.87 bits per heavy atom. The fourth-order valence-corrected chi connectivity index (χ4v) is 1.13. The van der Waals surface area contributed by atoms with Crippen LogP contribution < -0.4 is 5.73 Å². The number of carbonyl (C=O) groups is 1. The van der Waals surface area contributed by atoms with Crippen LogP contribution in [-0.4, -0.2) is 23.8 Å². The highest BCUT2D eigenvalue weighted by molar-refractivity contribution is 5.95. The molecule has 4 heteroatoms. The van der Waals surface area contributed by atoms with Crippen LogP contribution in [0.15, 0.2) is 18.2 Å². The van der Waals surface area contributed by atoms with Crippen molar-refractivity contribution in [2.24, 2.45) is 0 Å². The molecule has 0 spiro atoms. The lowest BCUT2D eigenvalue weighted by atomic mass is 10.1. The summed E-state index contributed by atoms with van der Waals surface area (Å²) in [7, 11) is 0. The Morgan fingerprint density at radius 2 is 2.27 bits per heavy atom. The van der Waals surface area contributed by atoms with E-state index < -0.39 is 12.1 Å². The number of aryl methyl sites for hydroxylation is 1. The summed E-state index contributed by atoms with van der Waals surface area (Å²) in [6, 6.07) is 5.16. The molecular weight excluding hydrogens is 194 g/mol. The van der Waals surface area contributed by atoms with Gasteiger partial charge in [0.15, 0.2) is 0 Å². The number of nitrogens with two attached hydrogens (primary N) is 1. The van der Waals surface area contributed by atoms with E-state index in [1.165, 1.54) is 0 Å². The molecule has 1 unspecified atom stereocenters. The van der Waals surface area contributed by atoms with Crippen molar-refractivity contribution < 1.29 is 14.6 Å². The molecule has 0 aromatic heterocycles. The predicted octanol–water partition coefficient (Wildman–Crippen LogP) is 1.11. The van der Waals surface area contributed by atoms with Gasteiger partial charge < -0.3 is 15.6 Å². The zero-order chi connectivity index (χ0) is 11.4. The first-order valence-corrected chi connectivity index (χ1v) is 4.72. The Kier molecular flexibility index (Phi) is 3.68. The van der Waals surface area contributed by atoms with Crippen LogP contribution in [0.4, 0.5) is 5.69 Å². The summed E-state index contributed by atoms with van der Waals surface area (Å²) >= 11 is 0. The van der Waals surface area contributed by atoms with Gasteiger partial charge in [0.1, 0.15) is 6.61 Å². The molecule has 1 aromatic rings. The van der Waals surface area contributed by atoms with Gasteiger partial charge in [0.05, 0.1) is 11.7 Å². The average Bonchev–Trinajstić information content (AvgIpc) is 2.18. The molecule has 0 radical (unpaired) electrons. The van der Waals surface area contributed by atoms with Gasteiger partial charge in [-0.05, 0) is 25.5 Å². The van der Waals surface area contributed by atoms with Crippen molar-refractivity contribution in [3.05, 3.63) is 29.3 Å². The fourth-order valence-electron chi connectivity index (χ4n) is 1.13. The van der Waals surface area contributed by atoms with E-state index in [0.717, 1.165) is 5.56 Å². The SMILES string of the molecule is Cc1cccc(C(=O)OCC(C)O)c1N. The number of aliphatic hydroxyl groups is 1. The lowest BCUT2D eigenvalue weighted by Gasteiger charge is -2.09. The molecule has 0 bridgehead atoms. The Balaban J connectivity index is 2.78. The third kappa shape index (κ3) is 2.95. The van der Waals surface area contributed by atoms with E-state index in [9.17, 15) is 4.79 Å². The number of anilines is 1. The van der Waals surface area contributed by atoms with Gasteiger partial charge in [-0.3, -0.25) is 0 Å². The van der Waals surface area contributed by atoms with Crippen molar-refractivity contribution in [1.82, 2.24) is 0 Å². The van der Waals surface area contributed by atoms with E-state index in [0.29, 0.717) is 11.3 Å².